The minimum absolute atomic E-state index is 0. The molecule has 0 heterocycles. The summed E-state index contributed by atoms with van der Waals surface area (Å²) in [7, 11) is 0. The number of hydrogen-bond donors (Lipinski definition) is 0. The van der Waals surface area contributed by atoms with Gasteiger partial charge in [-0.05, 0) is 0 Å². The van der Waals surface area contributed by atoms with Gasteiger partial charge in [-0.3, -0.25) is 0 Å². The fraction of sp³-hybridized carbons (Fsp3) is 0. The predicted molar refractivity (Wildman–Crippen MR) is 23.0 cm³/mol. The van der Waals surface area contributed by atoms with Crippen molar-refractivity contribution in [1.82, 2.24) is 0 Å². The molecule has 0 rings (SSSR count). The van der Waals surface area contributed by atoms with E-state index in [9.17, 15) is 0 Å². The summed E-state index contributed by atoms with van der Waals surface area (Å²) in [5, 5.41) is 0. The molecule has 0 saturated carbocycles. The van der Waals surface area contributed by atoms with Crippen molar-refractivity contribution in [2.45, 2.75) is 0 Å². The molecule has 0 spiro atoms. The third-order valence-corrected chi connectivity index (χ3v) is 0. The fourth-order valence-corrected chi connectivity index (χ4v) is 0. The van der Waals surface area contributed by atoms with Crippen LogP contribution in [0.15, 0.2) is 0 Å². The topological polar surface area (TPSA) is 0 Å². The van der Waals surface area contributed by atoms with Gasteiger partial charge in [0.2, 0.25) is 0 Å². The molecule has 0 aromatic rings. The van der Waals surface area contributed by atoms with Gasteiger partial charge in [-0.15, -0.1) is 0 Å². The minimum atomic E-state index is 0. The Hall–Kier alpha value is 3.32. The summed E-state index contributed by atoms with van der Waals surface area (Å²) in [6, 6.07) is 0. The van der Waals surface area contributed by atoms with Gasteiger partial charge in [0.15, 0.2) is 0 Å². The van der Waals surface area contributed by atoms with Gasteiger partial charge in [-0.25, -0.2) is 0 Å². The monoisotopic (exact) mass is 247 g/mol. The summed E-state index contributed by atoms with van der Waals surface area (Å²) in [5.41, 5.74) is 0. The van der Waals surface area contributed by atoms with Gasteiger partial charge in [-0.1, -0.05) is 0 Å². The third kappa shape index (κ3) is 18.8. The molecule has 0 unspecified atom stereocenters. The van der Waals surface area contributed by atoms with Gasteiger partial charge in [-0.2, -0.15) is 0 Å². The van der Waals surface area contributed by atoms with Gasteiger partial charge in [0.05, 0.1) is 0 Å². The second kappa shape index (κ2) is 26.5. The van der Waals surface area contributed by atoms with Gasteiger partial charge >= 0.3 is 0 Å². The predicted octanol–water partition coefficient (Wildman–Crippen LogP) is -1.52. The maximum Gasteiger partial charge on any atom is 0 e. The smallest absolute Gasteiger partial charge is 0 e. The summed E-state index contributed by atoms with van der Waals surface area (Å²) < 4.78 is 0. The zero-order valence-electron chi connectivity index (χ0n) is 2.89. The van der Waals surface area contributed by atoms with Gasteiger partial charge in [0.1, 0.15) is 0 Å². The van der Waals surface area contributed by atoms with Crippen LogP contribution >= 0.6 is 0 Å². The van der Waals surface area contributed by atoms with Crippen LogP contribution in [0.3, 0.4) is 0 Å². The van der Waals surface area contributed by atoms with Crippen molar-refractivity contribution in [3.8, 4) is 0 Å². The van der Waals surface area contributed by atoms with Crippen molar-refractivity contribution in [2.24, 2.45) is 0 Å². The second-order valence-corrected chi connectivity index (χ2v) is 0. The molecule has 5 heavy (non-hydrogen) atoms. The minimum Gasteiger partial charge on any atom is 0 e. The van der Waals surface area contributed by atoms with Crippen LogP contribution in [0.25, 0.3) is 0 Å². The van der Waals surface area contributed by atoms with E-state index >= 15 is 0 Å². The molecule has 0 fully saturated rings. The van der Waals surface area contributed by atoms with Crippen LogP contribution in [0.4, 0.5) is 0 Å². The fourth-order valence-electron chi connectivity index (χ4n) is 0. The molecule has 0 nitrogen and oxygen atoms in total. The Morgan fingerprint density at radius 1 is 0.400 bits per heavy atom. The molecule has 0 aliphatic carbocycles. The third-order valence-electron chi connectivity index (χ3n) is 0. The molecule has 0 bridgehead atoms. The van der Waals surface area contributed by atoms with Crippen LogP contribution in [0.2, 0.25) is 0 Å². The molecule has 5 heteroatoms. The Balaban J connectivity index is 0. The van der Waals surface area contributed by atoms with Crippen LogP contribution < -0.4 is 0 Å². The molecule has 0 N–H and O–H groups in total. The van der Waals surface area contributed by atoms with Crippen molar-refractivity contribution in [2.75, 3.05) is 0 Å². The van der Waals surface area contributed by atoms with Crippen LogP contribution in [0.5, 0.6) is 0 Å². The van der Waals surface area contributed by atoms with Gasteiger partial charge < -0.3 is 0 Å². The van der Waals surface area contributed by atoms with Crippen LogP contribution in [0.1, 0.15) is 0 Å². The van der Waals surface area contributed by atoms with Crippen LogP contribution in [-0.2, 0) is 0 Å². The van der Waals surface area contributed by atoms with E-state index in [1.165, 1.54) is 0 Å². The van der Waals surface area contributed by atoms with Gasteiger partial charge in [0.25, 0.3) is 0 Å². The van der Waals surface area contributed by atoms with Crippen LogP contribution in [0, 0.1) is 35.6 Å². The summed E-state index contributed by atoms with van der Waals surface area (Å²) in [5.74, 6) is 0. The normalized spacial score (nSPS) is 0. The first-order valence-electron chi connectivity index (χ1n) is 0. The van der Waals surface area contributed by atoms with Crippen molar-refractivity contribution >= 4 is 69.4 Å². The zero-order chi connectivity index (χ0) is 0. The zero-order valence-corrected chi connectivity index (χ0v) is 11.1. The van der Waals surface area contributed by atoms with E-state index in [-0.39, 0.29) is 105 Å². The maximum absolute atomic E-state index is 0. The molecular weight excluding hydrogens is 247 g/mol. The molecule has 0 aliphatic heterocycles. The summed E-state index contributed by atoms with van der Waals surface area (Å²) in [6.45, 7) is 0. The number of rotatable bonds is 0. The molecule has 0 aliphatic rings. The van der Waals surface area contributed by atoms with E-state index in [0.29, 0.717) is 0 Å². The molecule has 0 atom stereocenters. The standard InChI is InChI=1S/4Al.La. The van der Waals surface area contributed by atoms with E-state index in [2.05, 4.69) is 0 Å². The Morgan fingerprint density at radius 3 is 0.400 bits per heavy atom. The summed E-state index contributed by atoms with van der Waals surface area (Å²) >= 11 is 0. The molecule has 0 amide bonds. The first kappa shape index (κ1) is 40.4. The van der Waals surface area contributed by atoms with Crippen molar-refractivity contribution in [3.63, 3.8) is 0 Å². The molecule has 13 radical (unpaired) electrons. The largest absolute Gasteiger partial charge is 0 e. The van der Waals surface area contributed by atoms with Gasteiger partial charge in [0, 0.05) is 105 Å². The van der Waals surface area contributed by atoms with Crippen molar-refractivity contribution in [3.05, 3.63) is 0 Å². The summed E-state index contributed by atoms with van der Waals surface area (Å²) in [4.78, 5) is 0. The van der Waals surface area contributed by atoms with Crippen LogP contribution in [-0.4, -0.2) is 69.4 Å². The van der Waals surface area contributed by atoms with E-state index in [1.54, 1.807) is 0 Å². The summed E-state index contributed by atoms with van der Waals surface area (Å²) in [6.07, 6.45) is 0. The Bertz CT molecular complexity index is 3.61. The maximum atomic E-state index is 0. The average Bonchev–Trinajstić information content (AvgIpc) is 0. The van der Waals surface area contributed by atoms with Crippen molar-refractivity contribution < 1.29 is 35.6 Å². The average molecular weight is 247 g/mol. The Labute approximate surface area is 103 Å². The first-order chi connectivity index (χ1) is 0. The molecule has 0 saturated heterocycles. The SMILES string of the molecule is [Al].[Al].[Al].[Al].[La]. The Kier molecular flexibility index (Phi) is 214. The van der Waals surface area contributed by atoms with E-state index in [1.807, 2.05) is 0 Å². The van der Waals surface area contributed by atoms with E-state index in [0.717, 1.165) is 0 Å². The number of hydrogen-bond acceptors (Lipinski definition) is 0. The molecular formula is Al4La. The molecule has 0 aromatic carbocycles. The Morgan fingerprint density at radius 2 is 0.400 bits per heavy atom. The van der Waals surface area contributed by atoms with Crippen molar-refractivity contribution in [1.29, 1.82) is 0 Å². The molecule has 15 valence electrons. The van der Waals surface area contributed by atoms with E-state index in [4.69, 9.17) is 0 Å². The quantitative estimate of drug-likeness (QED) is 0.456. The second-order valence-electron chi connectivity index (χ2n) is 0. The first-order valence-corrected chi connectivity index (χ1v) is 0. The molecule has 0 aromatic heterocycles. The van der Waals surface area contributed by atoms with E-state index < -0.39 is 0 Å².